The first kappa shape index (κ1) is 18.8. The van der Waals surface area contributed by atoms with Crippen LogP contribution in [-0.2, 0) is 0 Å². The molecule has 0 aliphatic rings. The van der Waals surface area contributed by atoms with Gasteiger partial charge in [0, 0.05) is 34.4 Å². The van der Waals surface area contributed by atoms with Crippen LogP contribution in [0.3, 0.4) is 0 Å². The first-order valence-electron chi connectivity index (χ1n) is 8.42. The Kier molecular flexibility index (Phi) is 5.27. The SMILES string of the molecule is Oc1c(C(Nc2cc(Cl)c(Cl)cn2)c2ccc(Cl)cc2)ccc2cccnc12. The molecule has 7 heteroatoms. The lowest BCUT2D eigenvalue weighted by Crippen LogP contribution is -2.13. The highest BCUT2D eigenvalue weighted by Gasteiger charge is 2.20. The van der Waals surface area contributed by atoms with Gasteiger partial charge in [0.25, 0.3) is 0 Å². The molecule has 2 heterocycles. The summed E-state index contributed by atoms with van der Waals surface area (Å²) in [4.78, 5) is 8.60. The van der Waals surface area contributed by atoms with Crippen LogP contribution >= 0.6 is 34.8 Å². The van der Waals surface area contributed by atoms with E-state index in [1.54, 1.807) is 24.4 Å². The smallest absolute Gasteiger partial charge is 0.147 e. The van der Waals surface area contributed by atoms with E-state index in [4.69, 9.17) is 34.8 Å². The number of aromatic nitrogens is 2. The molecule has 1 atom stereocenters. The molecule has 0 fully saturated rings. The normalized spacial score (nSPS) is 12.1. The van der Waals surface area contributed by atoms with Gasteiger partial charge in [0.15, 0.2) is 0 Å². The Morgan fingerprint density at radius 3 is 2.43 bits per heavy atom. The molecule has 0 aliphatic heterocycles. The van der Waals surface area contributed by atoms with Gasteiger partial charge in [0.05, 0.1) is 16.1 Å². The van der Waals surface area contributed by atoms with Crippen LogP contribution in [0.1, 0.15) is 17.2 Å². The Hall–Kier alpha value is -2.53. The van der Waals surface area contributed by atoms with Gasteiger partial charge in [-0.2, -0.15) is 0 Å². The molecular weight excluding hydrogens is 417 g/mol. The molecule has 4 aromatic rings. The van der Waals surface area contributed by atoms with Gasteiger partial charge in [-0.25, -0.2) is 4.98 Å². The second-order valence-electron chi connectivity index (χ2n) is 6.19. The fraction of sp³-hybridized carbons (Fsp3) is 0.0476. The maximum absolute atomic E-state index is 10.9. The summed E-state index contributed by atoms with van der Waals surface area (Å²) >= 11 is 18.2. The number of rotatable bonds is 4. The molecule has 0 spiro atoms. The number of hydrogen-bond donors (Lipinski definition) is 2. The van der Waals surface area contributed by atoms with Crippen molar-refractivity contribution in [2.45, 2.75) is 6.04 Å². The van der Waals surface area contributed by atoms with E-state index in [-0.39, 0.29) is 5.75 Å². The van der Waals surface area contributed by atoms with E-state index in [2.05, 4.69) is 15.3 Å². The summed E-state index contributed by atoms with van der Waals surface area (Å²) in [6.07, 6.45) is 3.13. The number of hydrogen-bond acceptors (Lipinski definition) is 4. The zero-order chi connectivity index (χ0) is 19.7. The lowest BCUT2D eigenvalue weighted by Gasteiger charge is -2.22. The summed E-state index contributed by atoms with van der Waals surface area (Å²) in [6, 6.07) is 16.1. The number of phenolic OH excluding ortho intramolecular Hbond substituents is 1. The fourth-order valence-electron chi connectivity index (χ4n) is 3.02. The van der Waals surface area contributed by atoms with Gasteiger partial charge in [-0.15, -0.1) is 0 Å². The summed E-state index contributed by atoms with van der Waals surface area (Å²) < 4.78 is 0. The van der Waals surface area contributed by atoms with Gasteiger partial charge in [-0.3, -0.25) is 4.98 Å². The van der Waals surface area contributed by atoms with Crippen molar-refractivity contribution >= 4 is 51.5 Å². The third kappa shape index (κ3) is 3.72. The minimum absolute atomic E-state index is 0.102. The van der Waals surface area contributed by atoms with Crippen LogP contribution < -0.4 is 5.32 Å². The van der Waals surface area contributed by atoms with Gasteiger partial charge in [0.1, 0.15) is 17.1 Å². The summed E-state index contributed by atoms with van der Waals surface area (Å²) in [5, 5.41) is 16.5. The first-order valence-corrected chi connectivity index (χ1v) is 9.56. The minimum Gasteiger partial charge on any atom is -0.505 e. The predicted molar refractivity (Wildman–Crippen MR) is 115 cm³/mol. The Balaban J connectivity index is 1.84. The van der Waals surface area contributed by atoms with E-state index in [0.29, 0.717) is 32.0 Å². The molecular formula is C21H14Cl3N3O. The van der Waals surface area contributed by atoms with E-state index < -0.39 is 6.04 Å². The molecule has 2 aromatic carbocycles. The van der Waals surface area contributed by atoms with Gasteiger partial charge < -0.3 is 10.4 Å². The summed E-state index contributed by atoms with van der Waals surface area (Å²) in [7, 11) is 0. The van der Waals surface area contributed by atoms with Crippen molar-refractivity contribution in [1.82, 2.24) is 9.97 Å². The molecule has 0 saturated heterocycles. The number of halogens is 3. The van der Waals surface area contributed by atoms with E-state index in [1.807, 2.05) is 36.4 Å². The first-order chi connectivity index (χ1) is 13.5. The van der Waals surface area contributed by atoms with Crippen LogP contribution in [0.2, 0.25) is 15.1 Å². The molecule has 4 rings (SSSR count). The highest BCUT2D eigenvalue weighted by atomic mass is 35.5. The molecule has 140 valence electrons. The zero-order valence-electron chi connectivity index (χ0n) is 14.4. The molecule has 0 aliphatic carbocycles. The van der Waals surface area contributed by atoms with Crippen molar-refractivity contribution in [2.24, 2.45) is 0 Å². The predicted octanol–water partition coefficient (Wildman–Crippen LogP) is 6.50. The standard InChI is InChI=1S/C21H14Cl3N3O/c22-14-6-3-13(4-7-14)19(27-18-10-16(23)17(24)11-26-18)15-8-5-12-2-1-9-25-20(12)21(15)28/h1-11,19,28H,(H,26,27). The van der Waals surface area contributed by atoms with E-state index >= 15 is 0 Å². The van der Waals surface area contributed by atoms with E-state index in [1.165, 1.54) is 6.20 Å². The molecule has 28 heavy (non-hydrogen) atoms. The second-order valence-corrected chi connectivity index (χ2v) is 7.44. The van der Waals surface area contributed by atoms with Crippen molar-refractivity contribution in [2.75, 3.05) is 5.32 Å². The monoisotopic (exact) mass is 429 g/mol. The fourth-order valence-corrected chi connectivity index (χ4v) is 3.40. The average molecular weight is 431 g/mol. The van der Waals surface area contributed by atoms with Crippen molar-refractivity contribution in [1.29, 1.82) is 0 Å². The van der Waals surface area contributed by atoms with E-state index in [0.717, 1.165) is 10.9 Å². The van der Waals surface area contributed by atoms with Crippen LogP contribution in [0.15, 0.2) is 67.0 Å². The Labute approximate surface area is 176 Å². The van der Waals surface area contributed by atoms with Gasteiger partial charge >= 0.3 is 0 Å². The molecule has 1 unspecified atom stereocenters. The average Bonchev–Trinajstić information content (AvgIpc) is 2.70. The van der Waals surface area contributed by atoms with Crippen LogP contribution in [0.25, 0.3) is 10.9 Å². The highest BCUT2D eigenvalue weighted by Crippen LogP contribution is 2.37. The number of nitrogens with one attached hydrogen (secondary N) is 1. The Bertz CT molecular complexity index is 1150. The van der Waals surface area contributed by atoms with Crippen molar-refractivity contribution in [3.8, 4) is 5.75 Å². The molecule has 0 saturated carbocycles. The molecule has 0 bridgehead atoms. The third-order valence-corrected chi connectivity index (χ3v) is 5.36. The maximum Gasteiger partial charge on any atom is 0.147 e. The number of nitrogens with zero attached hydrogens (tertiary/aromatic N) is 2. The Morgan fingerprint density at radius 1 is 0.893 bits per heavy atom. The van der Waals surface area contributed by atoms with Crippen molar-refractivity contribution < 1.29 is 5.11 Å². The molecule has 2 aromatic heterocycles. The molecule has 2 N–H and O–H groups in total. The minimum atomic E-state index is -0.409. The number of benzene rings is 2. The van der Waals surface area contributed by atoms with E-state index in [9.17, 15) is 5.11 Å². The van der Waals surface area contributed by atoms with Gasteiger partial charge in [-0.05, 0) is 23.8 Å². The third-order valence-electron chi connectivity index (χ3n) is 4.39. The lowest BCUT2D eigenvalue weighted by molar-refractivity contribution is 0.471. The van der Waals surface area contributed by atoms with Crippen LogP contribution in [0, 0.1) is 0 Å². The van der Waals surface area contributed by atoms with Crippen LogP contribution in [0.5, 0.6) is 5.75 Å². The largest absolute Gasteiger partial charge is 0.505 e. The van der Waals surface area contributed by atoms with Crippen LogP contribution in [0.4, 0.5) is 5.82 Å². The molecule has 0 amide bonds. The van der Waals surface area contributed by atoms with Crippen LogP contribution in [-0.4, -0.2) is 15.1 Å². The van der Waals surface area contributed by atoms with Gasteiger partial charge in [-0.1, -0.05) is 65.1 Å². The van der Waals surface area contributed by atoms with Crippen molar-refractivity contribution in [3.05, 3.63) is 93.2 Å². The van der Waals surface area contributed by atoms with Gasteiger partial charge in [0.2, 0.25) is 0 Å². The second kappa shape index (κ2) is 7.84. The number of fused-ring (bicyclic) bond motifs is 1. The number of anilines is 1. The quantitative estimate of drug-likeness (QED) is 0.388. The number of phenols is 1. The summed E-state index contributed by atoms with van der Waals surface area (Å²) in [5.74, 6) is 0.625. The number of aromatic hydroxyl groups is 1. The summed E-state index contributed by atoms with van der Waals surface area (Å²) in [6.45, 7) is 0. The van der Waals surface area contributed by atoms with Crippen molar-refractivity contribution in [3.63, 3.8) is 0 Å². The Morgan fingerprint density at radius 2 is 1.68 bits per heavy atom. The lowest BCUT2D eigenvalue weighted by atomic mass is 9.96. The summed E-state index contributed by atoms with van der Waals surface area (Å²) in [5.41, 5.74) is 2.08. The zero-order valence-corrected chi connectivity index (χ0v) is 16.7. The highest BCUT2D eigenvalue weighted by molar-refractivity contribution is 6.42. The maximum atomic E-state index is 10.9. The number of pyridine rings is 2. The topological polar surface area (TPSA) is 58.0 Å². The molecule has 0 radical (unpaired) electrons. The molecule has 4 nitrogen and oxygen atoms in total.